The molecule has 3 heterocycles. The Morgan fingerprint density at radius 2 is 1.93 bits per heavy atom. The SMILES string of the molecule is Cc1cnc(N[C@H]2CC[C@H](N[C@@H](C)COC(C)(C)C(=O)O)CC2)cc1-c1cccc(NCC2(C#N)CCOCC2)n1. The number of aliphatic carboxylic acids is 1. The molecule has 1 saturated carbocycles. The lowest BCUT2D eigenvalue weighted by molar-refractivity contribution is -0.161. The summed E-state index contributed by atoms with van der Waals surface area (Å²) in [5.41, 5.74) is 1.34. The predicted molar refractivity (Wildman–Crippen MR) is 159 cm³/mol. The first-order chi connectivity index (χ1) is 19.6. The molecule has 2 aliphatic rings. The first kappa shape index (κ1) is 30.7. The van der Waals surface area contributed by atoms with Gasteiger partial charge >= 0.3 is 5.97 Å². The standard InChI is InChI=1S/C31H44N6O4/c1-21-17-33-28(36-24-10-8-23(9-11-24)35-22(2)18-41-30(3,4)29(38)39)16-25(21)26-6-5-7-27(37-26)34-20-31(19-32)12-14-40-15-13-31/h5-7,16-17,22-24,35H,8-15,18,20H2,1-4H3,(H,33,36)(H,34,37)(H,38,39)/t22-,23-,24-/m0/s1. The van der Waals surface area contributed by atoms with E-state index in [9.17, 15) is 15.2 Å². The Hall–Kier alpha value is -3.26. The van der Waals surface area contributed by atoms with Gasteiger partial charge in [-0.05, 0) is 90.0 Å². The number of rotatable bonds is 12. The molecule has 0 spiro atoms. The minimum absolute atomic E-state index is 0.0735. The van der Waals surface area contributed by atoms with Crippen LogP contribution >= 0.6 is 0 Å². The van der Waals surface area contributed by atoms with Crippen molar-refractivity contribution in [3.63, 3.8) is 0 Å². The molecule has 2 fully saturated rings. The van der Waals surface area contributed by atoms with Gasteiger partial charge in [0.05, 0.1) is 23.8 Å². The van der Waals surface area contributed by atoms with E-state index in [4.69, 9.17) is 14.5 Å². The lowest BCUT2D eigenvalue weighted by Crippen LogP contribution is -2.45. The maximum absolute atomic E-state index is 11.3. The van der Waals surface area contributed by atoms with Crippen LogP contribution < -0.4 is 16.0 Å². The molecule has 0 unspecified atom stereocenters. The number of nitrogens with zero attached hydrogens (tertiary/aromatic N) is 3. The predicted octanol–water partition coefficient (Wildman–Crippen LogP) is 4.77. The summed E-state index contributed by atoms with van der Waals surface area (Å²) >= 11 is 0. The third-order valence-corrected chi connectivity index (χ3v) is 8.23. The second kappa shape index (κ2) is 13.6. The van der Waals surface area contributed by atoms with E-state index in [1.165, 1.54) is 0 Å². The first-order valence-electron chi connectivity index (χ1n) is 14.7. The third kappa shape index (κ3) is 8.38. The molecule has 2 aromatic heterocycles. The molecule has 2 aromatic rings. The number of nitrogens with one attached hydrogen (secondary N) is 3. The topological polar surface area (TPSA) is 141 Å². The third-order valence-electron chi connectivity index (χ3n) is 8.23. The van der Waals surface area contributed by atoms with Crippen molar-refractivity contribution in [1.29, 1.82) is 5.26 Å². The van der Waals surface area contributed by atoms with Gasteiger partial charge in [-0.15, -0.1) is 0 Å². The molecular weight excluding hydrogens is 520 g/mol. The Labute approximate surface area is 243 Å². The Morgan fingerprint density at radius 3 is 2.61 bits per heavy atom. The van der Waals surface area contributed by atoms with Crippen molar-refractivity contribution in [1.82, 2.24) is 15.3 Å². The van der Waals surface area contributed by atoms with E-state index in [2.05, 4.69) is 33.1 Å². The van der Waals surface area contributed by atoms with Gasteiger partial charge in [0.2, 0.25) is 0 Å². The number of anilines is 2. The van der Waals surface area contributed by atoms with Crippen LogP contribution in [0.5, 0.6) is 0 Å². The Kier molecular flexibility index (Phi) is 10.2. The van der Waals surface area contributed by atoms with Gasteiger partial charge < -0.3 is 30.5 Å². The zero-order chi connectivity index (χ0) is 29.5. The summed E-state index contributed by atoms with van der Waals surface area (Å²) in [5, 5.41) is 29.6. The Morgan fingerprint density at radius 1 is 1.22 bits per heavy atom. The van der Waals surface area contributed by atoms with Gasteiger partial charge in [0.15, 0.2) is 5.60 Å². The van der Waals surface area contributed by atoms with E-state index in [1.807, 2.05) is 38.2 Å². The summed E-state index contributed by atoms with van der Waals surface area (Å²) in [5.74, 6) is 0.639. The van der Waals surface area contributed by atoms with Crippen molar-refractivity contribution < 1.29 is 19.4 Å². The van der Waals surface area contributed by atoms with E-state index < -0.39 is 17.0 Å². The van der Waals surface area contributed by atoms with E-state index >= 15 is 0 Å². The second-order valence-electron chi connectivity index (χ2n) is 12.0. The normalized spacial score (nSPS) is 21.4. The van der Waals surface area contributed by atoms with Crippen molar-refractivity contribution >= 4 is 17.6 Å². The fraction of sp³-hybridized carbons (Fsp3) is 0.613. The maximum Gasteiger partial charge on any atom is 0.335 e. The quantitative estimate of drug-likeness (QED) is 0.285. The summed E-state index contributed by atoms with van der Waals surface area (Å²) < 4.78 is 11.1. The number of pyridine rings is 2. The van der Waals surface area contributed by atoms with Crippen LogP contribution in [0.3, 0.4) is 0 Å². The maximum atomic E-state index is 11.3. The first-order valence-corrected chi connectivity index (χ1v) is 14.7. The lowest BCUT2D eigenvalue weighted by atomic mass is 9.82. The van der Waals surface area contributed by atoms with E-state index in [0.717, 1.165) is 67.0 Å². The van der Waals surface area contributed by atoms with Gasteiger partial charge in [-0.3, -0.25) is 0 Å². The van der Waals surface area contributed by atoms with Crippen LogP contribution in [0.4, 0.5) is 11.6 Å². The summed E-state index contributed by atoms with van der Waals surface area (Å²) in [6.07, 6.45) is 7.42. The van der Waals surface area contributed by atoms with Crippen molar-refractivity contribution in [3.8, 4) is 17.3 Å². The number of nitriles is 1. The average Bonchev–Trinajstić information content (AvgIpc) is 2.97. The number of hydrogen-bond acceptors (Lipinski definition) is 9. The Balaban J connectivity index is 1.30. The number of carboxylic acid groups (broad SMARTS) is 1. The van der Waals surface area contributed by atoms with Gasteiger partial charge in [-0.2, -0.15) is 5.26 Å². The van der Waals surface area contributed by atoms with E-state index in [1.54, 1.807) is 13.8 Å². The fourth-order valence-corrected chi connectivity index (χ4v) is 5.37. The van der Waals surface area contributed by atoms with Crippen LogP contribution in [0.2, 0.25) is 0 Å². The summed E-state index contributed by atoms with van der Waals surface area (Å²) in [4.78, 5) is 20.8. The van der Waals surface area contributed by atoms with Gasteiger partial charge in [-0.25, -0.2) is 14.8 Å². The number of aryl methyl sites for hydroxylation is 1. The van der Waals surface area contributed by atoms with Crippen LogP contribution in [-0.4, -0.2) is 71.1 Å². The molecule has 1 atom stereocenters. The number of hydrogen-bond donors (Lipinski definition) is 4. The van der Waals surface area contributed by atoms with Crippen LogP contribution in [0.25, 0.3) is 11.3 Å². The van der Waals surface area contributed by atoms with Crippen LogP contribution in [0, 0.1) is 23.7 Å². The summed E-state index contributed by atoms with van der Waals surface area (Å²) in [7, 11) is 0. The van der Waals surface area contributed by atoms with E-state index in [-0.39, 0.29) is 6.04 Å². The lowest BCUT2D eigenvalue weighted by Gasteiger charge is -2.32. The molecule has 41 heavy (non-hydrogen) atoms. The number of aromatic nitrogens is 2. The summed E-state index contributed by atoms with van der Waals surface area (Å²) in [6, 6.07) is 11.3. The van der Waals surface area contributed by atoms with E-state index in [0.29, 0.717) is 38.4 Å². The fourth-order valence-electron chi connectivity index (χ4n) is 5.37. The zero-order valence-electron chi connectivity index (χ0n) is 24.7. The number of carbonyl (C=O) groups is 1. The smallest absolute Gasteiger partial charge is 0.335 e. The molecule has 1 aliphatic carbocycles. The van der Waals surface area contributed by atoms with Gasteiger partial charge in [0.25, 0.3) is 0 Å². The number of carboxylic acids is 1. The van der Waals surface area contributed by atoms with Crippen molar-refractivity contribution in [3.05, 3.63) is 36.0 Å². The Bertz CT molecular complexity index is 1220. The molecule has 4 N–H and O–H groups in total. The van der Waals surface area contributed by atoms with Crippen LogP contribution in [-0.2, 0) is 14.3 Å². The molecule has 4 rings (SSSR count). The van der Waals surface area contributed by atoms with Crippen molar-refractivity contribution in [2.24, 2.45) is 5.41 Å². The minimum atomic E-state index is -1.18. The largest absolute Gasteiger partial charge is 0.479 e. The molecule has 0 aromatic carbocycles. The molecular formula is C31H44N6O4. The van der Waals surface area contributed by atoms with Gasteiger partial charge in [0, 0.05) is 49.6 Å². The highest BCUT2D eigenvalue weighted by molar-refractivity contribution is 5.76. The monoisotopic (exact) mass is 564 g/mol. The number of ether oxygens (including phenoxy) is 2. The van der Waals surface area contributed by atoms with Gasteiger partial charge in [0.1, 0.15) is 11.6 Å². The zero-order valence-corrected chi connectivity index (χ0v) is 24.7. The highest BCUT2D eigenvalue weighted by atomic mass is 16.5. The minimum Gasteiger partial charge on any atom is -0.479 e. The van der Waals surface area contributed by atoms with Crippen molar-refractivity contribution in [2.75, 3.05) is 37.0 Å². The molecule has 222 valence electrons. The van der Waals surface area contributed by atoms with Gasteiger partial charge in [-0.1, -0.05) is 6.07 Å². The molecule has 10 nitrogen and oxygen atoms in total. The second-order valence-corrected chi connectivity index (χ2v) is 12.0. The van der Waals surface area contributed by atoms with Crippen molar-refractivity contribution in [2.45, 2.75) is 89.9 Å². The molecule has 0 bridgehead atoms. The highest BCUT2D eigenvalue weighted by Gasteiger charge is 2.33. The van der Waals surface area contributed by atoms with Crippen LogP contribution in [0.15, 0.2) is 30.5 Å². The molecule has 0 radical (unpaired) electrons. The molecule has 10 heteroatoms. The molecule has 1 saturated heterocycles. The summed E-state index contributed by atoms with van der Waals surface area (Å²) in [6.45, 7) is 9.37. The molecule has 0 amide bonds. The van der Waals surface area contributed by atoms with Crippen LogP contribution in [0.1, 0.15) is 64.9 Å². The average molecular weight is 565 g/mol. The molecule has 1 aliphatic heterocycles. The highest BCUT2D eigenvalue weighted by Crippen LogP contribution is 2.31.